The molecule has 0 bridgehead atoms. The third kappa shape index (κ3) is 3.30. The number of fused-ring (bicyclic) bond motifs is 1. The van der Waals surface area contributed by atoms with Crippen molar-refractivity contribution in [3.63, 3.8) is 0 Å². The Labute approximate surface area is 147 Å². The monoisotopic (exact) mass is 353 g/mol. The van der Waals surface area contributed by atoms with Crippen molar-refractivity contribution in [3.05, 3.63) is 79.4 Å². The van der Waals surface area contributed by atoms with Gasteiger partial charge >= 0.3 is 5.97 Å². The van der Waals surface area contributed by atoms with Crippen molar-refractivity contribution < 1.29 is 14.5 Å². The fraction of sp³-hybridized carbons (Fsp3) is 0.167. The maximum absolute atomic E-state index is 12.2. The van der Waals surface area contributed by atoms with Gasteiger partial charge in [-0.25, -0.2) is 9.78 Å². The van der Waals surface area contributed by atoms with E-state index >= 15 is 0 Å². The summed E-state index contributed by atoms with van der Waals surface area (Å²) >= 11 is 0. The first-order valence-corrected chi connectivity index (χ1v) is 7.77. The van der Waals surface area contributed by atoms with E-state index in [9.17, 15) is 19.7 Å². The predicted molar refractivity (Wildman–Crippen MR) is 94.1 cm³/mol. The Morgan fingerprint density at radius 3 is 2.73 bits per heavy atom. The van der Waals surface area contributed by atoms with Crippen LogP contribution in [0.1, 0.15) is 27.3 Å². The zero-order chi connectivity index (χ0) is 18.8. The third-order valence-electron chi connectivity index (χ3n) is 3.97. The number of para-hydroxylation sites is 1. The highest BCUT2D eigenvalue weighted by Crippen LogP contribution is 2.20. The van der Waals surface area contributed by atoms with Crippen LogP contribution in [0.15, 0.2) is 41.2 Å². The molecule has 0 aliphatic heterocycles. The minimum atomic E-state index is -0.736. The molecule has 8 heteroatoms. The Kier molecular flexibility index (Phi) is 4.49. The van der Waals surface area contributed by atoms with Crippen LogP contribution < -0.4 is 5.56 Å². The largest absolute Gasteiger partial charge is 0.454 e. The number of benzene rings is 2. The van der Waals surface area contributed by atoms with Crippen LogP contribution in [-0.4, -0.2) is 20.9 Å². The number of nitrogens with one attached hydrogen (secondary N) is 1. The Morgan fingerprint density at radius 1 is 1.23 bits per heavy atom. The number of aryl methyl sites for hydroxylation is 2. The summed E-state index contributed by atoms with van der Waals surface area (Å²) in [4.78, 5) is 41.6. The molecule has 8 nitrogen and oxygen atoms in total. The molecule has 1 aromatic heterocycles. The molecule has 3 rings (SSSR count). The number of aromatic amines is 1. The summed E-state index contributed by atoms with van der Waals surface area (Å²) in [5.41, 5.74) is 1.39. The van der Waals surface area contributed by atoms with Crippen LogP contribution in [0.5, 0.6) is 0 Å². The molecule has 0 fully saturated rings. The molecule has 2 aromatic carbocycles. The summed E-state index contributed by atoms with van der Waals surface area (Å²) in [7, 11) is 0. The normalized spacial score (nSPS) is 10.7. The number of H-pyrrole nitrogens is 1. The molecule has 0 radical (unpaired) electrons. The number of nitro benzene ring substituents is 1. The van der Waals surface area contributed by atoms with E-state index in [-0.39, 0.29) is 29.2 Å². The highest BCUT2D eigenvalue weighted by molar-refractivity contribution is 5.90. The van der Waals surface area contributed by atoms with E-state index in [1.165, 1.54) is 18.2 Å². The molecular weight excluding hydrogens is 338 g/mol. The number of esters is 1. The summed E-state index contributed by atoms with van der Waals surface area (Å²) in [5, 5.41) is 11.4. The van der Waals surface area contributed by atoms with E-state index in [0.717, 1.165) is 5.56 Å². The molecule has 0 saturated heterocycles. The van der Waals surface area contributed by atoms with Crippen LogP contribution in [0.3, 0.4) is 0 Å². The van der Waals surface area contributed by atoms with Gasteiger partial charge < -0.3 is 9.72 Å². The first kappa shape index (κ1) is 17.3. The van der Waals surface area contributed by atoms with E-state index < -0.39 is 10.9 Å². The van der Waals surface area contributed by atoms with Crippen molar-refractivity contribution in [1.29, 1.82) is 0 Å². The summed E-state index contributed by atoms with van der Waals surface area (Å²) < 4.78 is 5.14. The third-order valence-corrected chi connectivity index (χ3v) is 3.97. The van der Waals surface area contributed by atoms with Gasteiger partial charge in [-0.15, -0.1) is 0 Å². The summed E-state index contributed by atoms with van der Waals surface area (Å²) in [6.07, 6.45) is 0. The van der Waals surface area contributed by atoms with Gasteiger partial charge in [0.15, 0.2) is 0 Å². The molecule has 0 atom stereocenters. The summed E-state index contributed by atoms with van der Waals surface area (Å²) in [6.45, 7) is 3.16. The maximum Gasteiger partial charge on any atom is 0.338 e. The molecule has 0 saturated carbocycles. The van der Waals surface area contributed by atoms with Crippen LogP contribution in [-0.2, 0) is 11.3 Å². The highest BCUT2D eigenvalue weighted by Gasteiger charge is 2.16. The van der Waals surface area contributed by atoms with Gasteiger partial charge in [0.2, 0.25) is 0 Å². The standard InChI is InChI=1S/C18H15N3O5/c1-10-6-7-12(8-14(10)21(24)25)18(23)26-9-15-19-16-11(2)4-3-5-13(16)17(22)20-15/h3-8H,9H2,1-2H3,(H,19,20,22). The number of aromatic nitrogens is 2. The fourth-order valence-corrected chi connectivity index (χ4v) is 2.57. The minimum Gasteiger partial charge on any atom is -0.454 e. The maximum atomic E-state index is 12.2. The minimum absolute atomic E-state index is 0.0571. The van der Waals surface area contributed by atoms with Crippen molar-refractivity contribution >= 4 is 22.6 Å². The number of ether oxygens (including phenoxy) is 1. The molecule has 132 valence electrons. The molecule has 26 heavy (non-hydrogen) atoms. The van der Waals surface area contributed by atoms with Crippen LogP contribution in [0, 0.1) is 24.0 Å². The average Bonchev–Trinajstić information content (AvgIpc) is 2.60. The molecule has 0 unspecified atom stereocenters. The quantitative estimate of drug-likeness (QED) is 0.438. The number of nitrogens with zero attached hydrogens (tertiary/aromatic N) is 2. The molecule has 0 aliphatic carbocycles. The lowest BCUT2D eigenvalue weighted by molar-refractivity contribution is -0.385. The van der Waals surface area contributed by atoms with Crippen molar-refractivity contribution in [3.8, 4) is 0 Å². The van der Waals surface area contributed by atoms with Crippen molar-refractivity contribution in [2.24, 2.45) is 0 Å². The van der Waals surface area contributed by atoms with Crippen LogP contribution in [0.2, 0.25) is 0 Å². The first-order valence-electron chi connectivity index (χ1n) is 7.77. The zero-order valence-corrected chi connectivity index (χ0v) is 14.1. The predicted octanol–water partition coefficient (Wildman–Crippen LogP) is 2.81. The van der Waals surface area contributed by atoms with Crippen LogP contribution in [0.25, 0.3) is 10.9 Å². The molecule has 0 aliphatic rings. The topological polar surface area (TPSA) is 115 Å². The lowest BCUT2D eigenvalue weighted by Crippen LogP contribution is -2.15. The van der Waals surface area contributed by atoms with Gasteiger partial charge in [0.1, 0.15) is 12.4 Å². The SMILES string of the molecule is Cc1ccc(C(=O)OCc2nc3c(C)cccc3c(=O)[nH]2)cc1[N+](=O)[O-]. The Balaban J connectivity index is 1.83. The Morgan fingerprint density at radius 2 is 2.00 bits per heavy atom. The molecule has 0 spiro atoms. The summed E-state index contributed by atoms with van der Waals surface area (Å²) in [5.74, 6) is -0.535. The molecule has 1 heterocycles. The van der Waals surface area contributed by atoms with Gasteiger partial charge in [0.25, 0.3) is 11.2 Å². The van der Waals surface area contributed by atoms with Crippen molar-refractivity contribution in [2.75, 3.05) is 0 Å². The highest BCUT2D eigenvalue weighted by atomic mass is 16.6. The second-order valence-corrected chi connectivity index (χ2v) is 5.82. The summed E-state index contributed by atoms with van der Waals surface area (Å²) in [6, 6.07) is 9.35. The van der Waals surface area contributed by atoms with Crippen LogP contribution in [0.4, 0.5) is 5.69 Å². The smallest absolute Gasteiger partial charge is 0.338 e. The number of hydrogen-bond acceptors (Lipinski definition) is 6. The molecule has 0 amide bonds. The van der Waals surface area contributed by atoms with Gasteiger partial charge in [-0.2, -0.15) is 0 Å². The second-order valence-electron chi connectivity index (χ2n) is 5.82. The van der Waals surface area contributed by atoms with Gasteiger partial charge in [-0.3, -0.25) is 14.9 Å². The lowest BCUT2D eigenvalue weighted by Gasteiger charge is -2.07. The van der Waals surface area contributed by atoms with E-state index in [2.05, 4.69) is 9.97 Å². The lowest BCUT2D eigenvalue weighted by atomic mass is 10.1. The van der Waals surface area contributed by atoms with E-state index in [1.54, 1.807) is 19.1 Å². The van der Waals surface area contributed by atoms with Crippen molar-refractivity contribution in [1.82, 2.24) is 9.97 Å². The number of carbonyl (C=O) groups excluding carboxylic acids is 1. The van der Waals surface area contributed by atoms with E-state index in [0.29, 0.717) is 16.5 Å². The average molecular weight is 353 g/mol. The van der Waals surface area contributed by atoms with Gasteiger partial charge in [0, 0.05) is 11.6 Å². The Bertz CT molecular complexity index is 1090. The number of carbonyl (C=O) groups is 1. The zero-order valence-electron chi connectivity index (χ0n) is 14.1. The van der Waals surface area contributed by atoms with Gasteiger partial charge in [-0.1, -0.05) is 18.2 Å². The van der Waals surface area contributed by atoms with Gasteiger partial charge in [0.05, 0.1) is 21.4 Å². The first-order chi connectivity index (χ1) is 12.4. The number of rotatable bonds is 4. The fourth-order valence-electron chi connectivity index (χ4n) is 2.57. The van der Waals surface area contributed by atoms with Crippen molar-refractivity contribution in [2.45, 2.75) is 20.5 Å². The Hall–Kier alpha value is -3.55. The second kappa shape index (κ2) is 6.75. The van der Waals surface area contributed by atoms with Gasteiger partial charge in [-0.05, 0) is 31.5 Å². The van der Waals surface area contributed by atoms with E-state index in [4.69, 9.17) is 4.74 Å². The number of nitro groups is 1. The molecule has 1 N–H and O–H groups in total. The molecule has 3 aromatic rings. The number of hydrogen-bond donors (Lipinski definition) is 1. The van der Waals surface area contributed by atoms with E-state index in [1.807, 2.05) is 13.0 Å². The van der Waals surface area contributed by atoms with Crippen LogP contribution >= 0.6 is 0 Å². The molecular formula is C18H15N3O5.